The van der Waals surface area contributed by atoms with Gasteiger partial charge in [-0.3, -0.25) is 0 Å². The molecule has 1 N–H and O–H groups in total. The van der Waals surface area contributed by atoms with Crippen LogP contribution in [0.5, 0.6) is 11.5 Å². The van der Waals surface area contributed by atoms with E-state index in [0.717, 1.165) is 11.3 Å². The van der Waals surface area contributed by atoms with E-state index < -0.39 is 6.09 Å². The van der Waals surface area contributed by atoms with Gasteiger partial charge in [0.1, 0.15) is 24.7 Å². The molecule has 0 aliphatic carbocycles. The number of nitrogens with one attached hydrogen (secondary N) is 1. The highest BCUT2D eigenvalue weighted by molar-refractivity contribution is 5.81. The molecule has 27 heavy (non-hydrogen) atoms. The van der Waals surface area contributed by atoms with Crippen LogP contribution in [-0.2, 0) is 10.2 Å². The van der Waals surface area contributed by atoms with E-state index in [1.54, 1.807) is 0 Å². The average molecular weight is 370 g/mol. The Morgan fingerprint density at radius 2 is 1.70 bits per heavy atom. The van der Waals surface area contributed by atoms with E-state index >= 15 is 0 Å². The van der Waals surface area contributed by atoms with Crippen LogP contribution < -0.4 is 14.9 Å². The highest BCUT2D eigenvalue weighted by Gasteiger charge is 2.12. The fourth-order valence-electron chi connectivity index (χ4n) is 2.26. The number of ether oxygens (including phenoxy) is 3. The normalized spacial score (nSPS) is 11.3. The number of hydrogen-bond donors (Lipinski definition) is 1. The Morgan fingerprint density at radius 3 is 2.33 bits per heavy atom. The first-order chi connectivity index (χ1) is 12.9. The lowest BCUT2D eigenvalue weighted by Crippen LogP contribution is -2.16. The van der Waals surface area contributed by atoms with Crippen molar-refractivity contribution in [2.24, 2.45) is 5.10 Å². The van der Waals surface area contributed by atoms with E-state index in [-0.39, 0.29) is 5.41 Å². The van der Waals surface area contributed by atoms with E-state index in [0.29, 0.717) is 19.0 Å². The van der Waals surface area contributed by atoms with Crippen LogP contribution in [0.2, 0.25) is 0 Å². The van der Waals surface area contributed by atoms with Gasteiger partial charge in [-0.15, -0.1) is 0 Å². The van der Waals surface area contributed by atoms with Crippen LogP contribution in [0.15, 0.2) is 53.6 Å². The smallest absolute Gasteiger partial charge is 0.427 e. The highest BCUT2D eigenvalue weighted by atomic mass is 16.5. The zero-order valence-corrected chi connectivity index (χ0v) is 16.2. The Bertz CT molecular complexity index is 764. The van der Waals surface area contributed by atoms with Gasteiger partial charge >= 0.3 is 6.09 Å². The number of rotatable bonds is 7. The van der Waals surface area contributed by atoms with Crippen molar-refractivity contribution in [3.8, 4) is 11.5 Å². The number of hydrazone groups is 1. The van der Waals surface area contributed by atoms with Gasteiger partial charge in [-0.25, -0.2) is 10.2 Å². The minimum Gasteiger partial charge on any atom is -0.490 e. The molecule has 0 radical (unpaired) electrons. The SMILES string of the molecule is COC(=O)NN=Cc1cccc(OCCOc2ccc(C(C)(C)C)cc2)c1. The first-order valence-electron chi connectivity index (χ1n) is 8.72. The Morgan fingerprint density at radius 1 is 1.04 bits per heavy atom. The zero-order valence-electron chi connectivity index (χ0n) is 16.2. The summed E-state index contributed by atoms with van der Waals surface area (Å²) in [4.78, 5) is 10.9. The lowest BCUT2D eigenvalue weighted by atomic mass is 9.87. The van der Waals surface area contributed by atoms with Gasteiger partial charge in [0.15, 0.2) is 0 Å². The topological polar surface area (TPSA) is 69.2 Å². The average Bonchev–Trinajstić information content (AvgIpc) is 2.65. The van der Waals surface area contributed by atoms with Crippen molar-refractivity contribution in [3.05, 3.63) is 59.7 Å². The molecule has 0 aliphatic heterocycles. The summed E-state index contributed by atoms with van der Waals surface area (Å²) in [6.07, 6.45) is 0.892. The summed E-state index contributed by atoms with van der Waals surface area (Å²) in [7, 11) is 1.28. The Labute approximate surface area is 160 Å². The third kappa shape index (κ3) is 7.01. The van der Waals surface area contributed by atoms with E-state index in [1.165, 1.54) is 18.9 Å². The molecule has 2 aromatic rings. The molecule has 0 saturated carbocycles. The van der Waals surface area contributed by atoms with E-state index in [9.17, 15) is 4.79 Å². The molecule has 144 valence electrons. The molecule has 0 aromatic heterocycles. The fraction of sp³-hybridized carbons (Fsp3) is 0.333. The maximum absolute atomic E-state index is 10.9. The van der Waals surface area contributed by atoms with E-state index in [4.69, 9.17) is 9.47 Å². The molecule has 1 amide bonds. The maximum Gasteiger partial charge on any atom is 0.427 e. The highest BCUT2D eigenvalue weighted by Crippen LogP contribution is 2.24. The molecule has 6 nitrogen and oxygen atoms in total. The molecule has 0 spiro atoms. The summed E-state index contributed by atoms with van der Waals surface area (Å²) in [5.41, 5.74) is 4.42. The third-order valence-electron chi connectivity index (χ3n) is 3.75. The predicted octanol–water partition coefficient (Wildman–Crippen LogP) is 4.13. The number of benzene rings is 2. The third-order valence-corrected chi connectivity index (χ3v) is 3.75. The summed E-state index contributed by atoms with van der Waals surface area (Å²) >= 11 is 0. The minimum atomic E-state index is -0.619. The summed E-state index contributed by atoms with van der Waals surface area (Å²) in [6.45, 7) is 7.40. The first-order valence-corrected chi connectivity index (χ1v) is 8.72. The second-order valence-electron chi connectivity index (χ2n) is 6.91. The van der Waals surface area contributed by atoms with Gasteiger partial charge in [0.05, 0.1) is 13.3 Å². The van der Waals surface area contributed by atoms with Crippen LogP contribution in [0.4, 0.5) is 4.79 Å². The Balaban J connectivity index is 1.78. The summed E-state index contributed by atoms with van der Waals surface area (Å²) < 4.78 is 15.8. The molecule has 0 unspecified atom stereocenters. The van der Waals surface area contributed by atoms with Crippen molar-refractivity contribution in [1.29, 1.82) is 0 Å². The zero-order chi connectivity index (χ0) is 19.7. The van der Waals surface area contributed by atoms with Crippen LogP contribution in [0.1, 0.15) is 31.9 Å². The molecular weight excluding hydrogens is 344 g/mol. The largest absolute Gasteiger partial charge is 0.490 e. The number of amides is 1. The number of hydrogen-bond acceptors (Lipinski definition) is 5. The molecule has 6 heteroatoms. The number of carbonyl (C=O) groups excluding carboxylic acids is 1. The molecular formula is C21H26N2O4. The van der Waals surface area contributed by atoms with Crippen LogP contribution in [0, 0.1) is 0 Å². The second-order valence-corrected chi connectivity index (χ2v) is 6.91. The van der Waals surface area contributed by atoms with Crippen molar-refractivity contribution in [2.45, 2.75) is 26.2 Å². The standard InChI is InChI=1S/C21H26N2O4/c1-21(2,3)17-8-10-18(11-9-17)26-12-13-27-19-7-5-6-16(14-19)15-22-23-20(24)25-4/h5-11,14-15H,12-13H2,1-4H3,(H,23,24). The van der Waals surface area contributed by atoms with Crippen molar-refractivity contribution in [3.63, 3.8) is 0 Å². The second kappa shape index (κ2) is 9.62. The first kappa shape index (κ1) is 20.3. The van der Waals surface area contributed by atoms with Crippen LogP contribution in [0.25, 0.3) is 0 Å². The van der Waals surface area contributed by atoms with Gasteiger partial charge in [0.25, 0.3) is 0 Å². The van der Waals surface area contributed by atoms with Gasteiger partial charge in [0, 0.05) is 0 Å². The molecule has 2 rings (SSSR count). The molecule has 0 bridgehead atoms. The van der Waals surface area contributed by atoms with Gasteiger partial charge in [0.2, 0.25) is 0 Å². The van der Waals surface area contributed by atoms with Crippen molar-refractivity contribution in [2.75, 3.05) is 20.3 Å². The van der Waals surface area contributed by atoms with E-state index in [1.807, 2.05) is 36.4 Å². The van der Waals surface area contributed by atoms with Crippen molar-refractivity contribution < 1.29 is 19.0 Å². The number of nitrogens with zero attached hydrogens (tertiary/aromatic N) is 1. The number of methoxy groups -OCH3 is 1. The lowest BCUT2D eigenvalue weighted by molar-refractivity contribution is 0.171. The summed E-state index contributed by atoms with van der Waals surface area (Å²) in [6, 6.07) is 15.5. The van der Waals surface area contributed by atoms with Gasteiger partial charge in [-0.2, -0.15) is 5.10 Å². The predicted molar refractivity (Wildman–Crippen MR) is 106 cm³/mol. The minimum absolute atomic E-state index is 0.127. The quantitative estimate of drug-likeness (QED) is 0.452. The number of carbonyl (C=O) groups is 1. The summed E-state index contributed by atoms with van der Waals surface area (Å²) in [5.74, 6) is 1.52. The monoisotopic (exact) mass is 370 g/mol. The Kier molecular flexibility index (Phi) is 7.23. The molecule has 0 fully saturated rings. The van der Waals surface area contributed by atoms with Crippen LogP contribution in [-0.4, -0.2) is 32.6 Å². The molecule has 0 heterocycles. The van der Waals surface area contributed by atoms with Gasteiger partial charge in [-0.05, 0) is 40.8 Å². The molecule has 0 aliphatic rings. The van der Waals surface area contributed by atoms with Crippen LogP contribution >= 0.6 is 0 Å². The summed E-state index contributed by atoms with van der Waals surface area (Å²) in [5, 5.41) is 3.78. The maximum atomic E-state index is 10.9. The molecule has 0 atom stereocenters. The van der Waals surface area contributed by atoms with Crippen molar-refractivity contribution >= 4 is 12.3 Å². The van der Waals surface area contributed by atoms with Crippen molar-refractivity contribution in [1.82, 2.24) is 5.43 Å². The van der Waals surface area contributed by atoms with Crippen LogP contribution in [0.3, 0.4) is 0 Å². The van der Waals surface area contributed by atoms with E-state index in [2.05, 4.69) is 48.2 Å². The lowest BCUT2D eigenvalue weighted by Gasteiger charge is -2.19. The Hall–Kier alpha value is -3.02. The molecule has 0 saturated heterocycles. The molecule has 2 aromatic carbocycles. The van der Waals surface area contributed by atoms with Gasteiger partial charge in [-0.1, -0.05) is 45.0 Å². The van der Waals surface area contributed by atoms with Gasteiger partial charge < -0.3 is 14.2 Å². The fourth-order valence-corrected chi connectivity index (χ4v) is 2.26.